The normalized spacial score (nSPS) is 10.9. The van der Waals surface area contributed by atoms with Crippen molar-refractivity contribution in [2.24, 2.45) is 5.73 Å². The minimum Gasteiger partial charge on any atom is -0.492 e. The second-order valence-electron chi connectivity index (χ2n) is 4.37. The number of ether oxygens (including phenoxy) is 1. The van der Waals surface area contributed by atoms with E-state index in [1.165, 1.54) is 0 Å². The molecule has 0 aliphatic carbocycles. The van der Waals surface area contributed by atoms with E-state index in [1.54, 1.807) is 16.9 Å². The summed E-state index contributed by atoms with van der Waals surface area (Å²) in [4.78, 5) is 8.82. The predicted octanol–water partition coefficient (Wildman–Crippen LogP) is 1.44. The fraction of sp³-hybridized carbons (Fsp3) is 0.214. The lowest BCUT2D eigenvalue weighted by atomic mass is 10.1. The fourth-order valence-corrected chi connectivity index (χ4v) is 2.04. The van der Waals surface area contributed by atoms with Gasteiger partial charge in [-0.25, -0.2) is 9.50 Å². The zero-order valence-electron chi connectivity index (χ0n) is 11.2. The van der Waals surface area contributed by atoms with Gasteiger partial charge in [-0.05, 0) is 19.1 Å². The SMILES string of the molecule is Cc1nc2c(-c3cccc(OCCN)c3)nccn2n1. The van der Waals surface area contributed by atoms with Crippen molar-refractivity contribution in [3.05, 3.63) is 42.5 Å². The second kappa shape index (κ2) is 5.26. The summed E-state index contributed by atoms with van der Waals surface area (Å²) in [6.07, 6.45) is 3.50. The maximum Gasteiger partial charge on any atom is 0.181 e. The average Bonchev–Trinajstić information content (AvgIpc) is 2.85. The standard InChI is InChI=1S/C14H15N5O/c1-10-17-14-13(16-6-7-19(14)18-10)11-3-2-4-12(9-11)20-8-5-15/h2-4,6-7,9H,5,8,15H2,1H3. The van der Waals surface area contributed by atoms with Crippen molar-refractivity contribution in [3.63, 3.8) is 0 Å². The van der Waals surface area contributed by atoms with E-state index in [4.69, 9.17) is 10.5 Å². The van der Waals surface area contributed by atoms with Crippen LogP contribution in [0.4, 0.5) is 0 Å². The molecular formula is C14H15N5O. The summed E-state index contributed by atoms with van der Waals surface area (Å²) in [5.74, 6) is 1.49. The van der Waals surface area contributed by atoms with Gasteiger partial charge in [0.25, 0.3) is 0 Å². The molecule has 0 saturated carbocycles. The third kappa shape index (κ3) is 2.33. The van der Waals surface area contributed by atoms with Crippen LogP contribution in [0.25, 0.3) is 16.9 Å². The molecular weight excluding hydrogens is 254 g/mol. The zero-order valence-corrected chi connectivity index (χ0v) is 11.2. The molecule has 0 saturated heterocycles. The number of nitrogens with two attached hydrogens (primary N) is 1. The molecule has 3 rings (SSSR count). The molecule has 102 valence electrons. The number of fused-ring (bicyclic) bond motifs is 1. The molecule has 6 heteroatoms. The Hall–Kier alpha value is -2.47. The van der Waals surface area contributed by atoms with Crippen molar-refractivity contribution in [1.29, 1.82) is 0 Å². The van der Waals surface area contributed by atoms with Crippen LogP contribution in [0.1, 0.15) is 5.82 Å². The van der Waals surface area contributed by atoms with Gasteiger partial charge in [0.1, 0.15) is 23.9 Å². The van der Waals surface area contributed by atoms with Crippen molar-refractivity contribution >= 4 is 5.65 Å². The van der Waals surface area contributed by atoms with Crippen molar-refractivity contribution in [1.82, 2.24) is 19.6 Å². The van der Waals surface area contributed by atoms with Gasteiger partial charge in [-0.1, -0.05) is 12.1 Å². The monoisotopic (exact) mass is 269 g/mol. The number of benzene rings is 1. The van der Waals surface area contributed by atoms with Crippen LogP contribution in [0, 0.1) is 6.92 Å². The van der Waals surface area contributed by atoms with Crippen LogP contribution in [0.2, 0.25) is 0 Å². The van der Waals surface area contributed by atoms with Gasteiger partial charge < -0.3 is 10.5 Å². The van der Waals surface area contributed by atoms with Gasteiger partial charge in [0.2, 0.25) is 0 Å². The number of rotatable bonds is 4. The summed E-state index contributed by atoms with van der Waals surface area (Å²) in [6, 6.07) is 7.73. The third-order valence-electron chi connectivity index (χ3n) is 2.85. The largest absolute Gasteiger partial charge is 0.492 e. The van der Waals surface area contributed by atoms with E-state index in [2.05, 4.69) is 15.1 Å². The first-order valence-electron chi connectivity index (χ1n) is 6.39. The first-order valence-corrected chi connectivity index (χ1v) is 6.39. The summed E-state index contributed by atoms with van der Waals surface area (Å²) in [5.41, 5.74) is 7.91. The Kier molecular flexibility index (Phi) is 3.30. The maximum absolute atomic E-state index is 5.54. The van der Waals surface area contributed by atoms with Crippen LogP contribution in [-0.4, -0.2) is 32.7 Å². The maximum atomic E-state index is 5.54. The molecule has 2 N–H and O–H groups in total. The number of aromatic nitrogens is 4. The molecule has 0 atom stereocenters. The van der Waals surface area contributed by atoms with Gasteiger partial charge in [-0.15, -0.1) is 0 Å². The number of hydrogen-bond donors (Lipinski definition) is 1. The second-order valence-corrected chi connectivity index (χ2v) is 4.37. The smallest absolute Gasteiger partial charge is 0.181 e. The molecule has 0 spiro atoms. The highest BCUT2D eigenvalue weighted by Crippen LogP contribution is 2.24. The van der Waals surface area contributed by atoms with Crippen LogP contribution in [-0.2, 0) is 0 Å². The highest BCUT2D eigenvalue weighted by molar-refractivity contribution is 5.74. The summed E-state index contributed by atoms with van der Waals surface area (Å²) in [5, 5.41) is 4.29. The van der Waals surface area contributed by atoms with E-state index in [0.29, 0.717) is 13.2 Å². The first kappa shape index (κ1) is 12.6. The van der Waals surface area contributed by atoms with Crippen molar-refractivity contribution in [2.45, 2.75) is 6.92 Å². The number of hydrogen-bond acceptors (Lipinski definition) is 5. The Morgan fingerprint density at radius 2 is 2.25 bits per heavy atom. The Labute approximate surface area is 116 Å². The van der Waals surface area contributed by atoms with E-state index in [1.807, 2.05) is 31.2 Å². The van der Waals surface area contributed by atoms with E-state index in [9.17, 15) is 0 Å². The van der Waals surface area contributed by atoms with E-state index >= 15 is 0 Å². The summed E-state index contributed by atoms with van der Waals surface area (Å²) >= 11 is 0. The lowest BCUT2D eigenvalue weighted by molar-refractivity contribution is 0.328. The zero-order chi connectivity index (χ0) is 13.9. The molecule has 0 fully saturated rings. The van der Waals surface area contributed by atoms with Gasteiger partial charge in [-0.3, -0.25) is 4.98 Å². The molecule has 1 aromatic carbocycles. The minimum absolute atomic E-state index is 0.488. The summed E-state index contributed by atoms with van der Waals surface area (Å²) < 4.78 is 7.27. The minimum atomic E-state index is 0.488. The van der Waals surface area contributed by atoms with Crippen LogP contribution < -0.4 is 10.5 Å². The summed E-state index contributed by atoms with van der Waals surface area (Å²) in [6.45, 7) is 2.84. The van der Waals surface area contributed by atoms with Gasteiger partial charge >= 0.3 is 0 Å². The number of aryl methyl sites for hydroxylation is 1. The first-order chi connectivity index (χ1) is 9.78. The highest BCUT2D eigenvalue weighted by atomic mass is 16.5. The lowest BCUT2D eigenvalue weighted by Gasteiger charge is -2.07. The number of nitrogens with zero attached hydrogens (tertiary/aromatic N) is 4. The lowest BCUT2D eigenvalue weighted by Crippen LogP contribution is -2.10. The van der Waals surface area contributed by atoms with Gasteiger partial charge in [0.05, 0.1) is 0 Å². The third-order valence-corrected chi connectivity index (χ3v) is 2.85. The molecule has 3 aromatic rings. The molecule has 20 heavy (non-hydrogen) atoms. The molecule has 0 radical (unpaired) electrons. The quantitative estimate of drug-likeness (QED) is 0.775. The van der Waals surface area contributed by atoms with Gasteiger partial charge in [0.15, 0.2) is 5.65 Å². The van der Waals surface area contributed by atoms with Gasteiger partial charge in [0, 0.05) is 24.5 Å². The highest BCUT2D eigenvalue weighted by Gasteiger charge is 2.09. The van der Waals surface area contributed by atoms with Crippen LogP contribution in [0.3, 0.4) is 0 Å². The van der Waals surface area contributed by atoms with Crippen LogP contribution in [0.5, 0.6) is 5.75 Å². The molecule has 6 nitrogen and oxygen atoms in total. The Morgan fingerprint density at radius 1 is 1.35 bits per heavy atom. The molecule has 0 amide bonds. The molecule has 0 bridgehead atoms. The topological polar surface area (TPSA) is 78.3 Å². The molecule has 0 unspecified atom stereocenters. The average molecular weight is 269 g/mol. The molecule has 2 heterocycles. The summed E-state index contributed by atoms with van der Waals surface area (Å²) in [7, 11) is 0. The van der Waals surface area contributed by atoms with Crippen molar-refractivity contribution in [3.8, 4) is 17.0 Å². The predicted molar refractivity (Wildman–Crippen MR) is 75.5 cm³/mol. The fourth-order valence-electron chi connectivity index (χ4n) is 2.04. The van der Waals surface area contributed by atoms with Crippen LogP contribution >= 0.6 is 0 Å². The van der Waals surface area contributed by atoms with Crippen LogP contribution in [0.15, 0.2) is 36.7 Å². The van der Waals surface area contributed by atoms with Crippen molar-refractivity contribution in [2.75, 3.05) is 13.2 Å². The van der Waals surface area contributed by atoms with Gasteiger partial charge in [-0.2, -0.15) is 5.10 Å². The molecule has 0 aliphatic heterocycles. The molecule has 2 aromatic heterocycles. The van der Waals surface area contributed by atoms with E-state index < -0.39 is 0 Å². The van der Waals surface area contributed by atoms with E-state index in [-0.39, 0.29) is 0 Å². The van der Waals surface area contributed by atoms with E-state index in [0.717, 1.165) is 28.5 Å². The Bertz CT molecular complexity index is 737. The Balaban J connectivity index is 2.06. The molecule has 0 aliphatic rings. The van der Waals surface area contributed by atoms with Crippen molar-refractivity contribution < 1.29 is 4.74 Å². The Morgan fingerprint density at radius 3 is 3.10 bits per heavy atom.